The van der Waals surface area contributed by atoms with Gasteiger partial charge in [0, 0.05) is 0 Å². The predicted octanol–water partition coefficient (Wildman–Crippen LogP) is -15.2. The summed E-state index contributed by atoms with van der Waals surface area (Å²) in [6, 6.07) is 0. The molecule has 0 saturated heterocycles. The van der Waals surface area contributed by atoms with Gasteiger partial charge in [-0.2, -0.15) is 0 Å². The molecule has 0 aromatic rings. The Hall–Kier alpha value is 5.44. The molecule has 0 aliphatic carbocycles. The van der Waals surface area contributed by atoms with Gasteiger partial charge >= 0.3 is 132 Å². The quantitative estimate of drug-likeness (QED) is 0.321. The normalized spacial score (nSPS) is 0. The fraction of sp³-hybridized carbons (Fsp3) is 0. The van der Waals surface area contributed by atoms with E-state index >= 15 is 0 Å². The molecule has 0 aromatic carbocycles. The van der Waals surface area contributed by atoms with Crippen molar-refractivity contribution >= 4 is 0 Å². The van der Waals surface area contributed by atoms with Crippen molar-refractivity contribution in [1.82, 2.24) is 0 Å². The topological polar surface area (TPSA) is 30.0 Å². The van der Waals surface area contributed by atoms with E-state index in [-0.39, 0.29) is 179 Å². The third kappa shape index (κ3) is 22.7. The van der Waals surface area contributed by atoms with Crippen LogP contribution in [0, 0.1) is 0 Å². The van der Waals surface area contributed by atoms with Crippen LogP contribution in [0.3, 0.4) is 0 Å². The average molecular weight is 325 g/mol. The van der Waals surface area contributed by atoms with Crippen LogP contribution in [0.4, 0.5) is 0 Å². The molecular formula is HBrIK2NaO. The summed E-state index contributed by atoms with van der Waals surface area (Å²) in [5, 5.41) is 0. The zero-order chi connectivity index (χ0) is 0. The third-order valence-electron chi connectivity index (χ3n) is 0. The van der Waals surface area contributed by atoms with Gasteiger partial charge in [0.15, 0.2) is 0 Å². The molecule has 24 valence electrons. The Morgan fingerprint density at radius 1 is 0.833 bits per heavy atom. The molecule has 6 heavy (non-hydrogen) atoms. The van der Waals surface area contributed by atoms with Crippen LogP contribution in [0.15, 0.2) is 0 Å². The molecule has 0 saturated carbocycles. The second-order valence-corrected chi connectivity index (χ2v) is 0. The molecule has 0 aliphatic heterocycles. The number of halogens is 2. The van der Waals surface area contributed by atoms with E-state index in [2.05, 4.69) is 0 Å². The summed E-state index contributed by atoms with van der Waals surface area (Å²) in [5.41, 5.74) is 0. The molecule has 1 N–H and O–H groups in total. The van der Waals surface area contributed by atoms with Crippen LogP contribution in [-0.2, 0) is 0 Å². The van der Waals surface area contributed by atoms with Crippen molar-refractivity contribution in [1.29, 1.82) is 0 Å². The van der Waals surface area contributed by atoms with E-state index in [0.29, 0.717) is 0 Å². The molecule has 0 bridgehead atoms. The Bertz CT molecular complexity index is 13.5. The summed E-state index contributed by atoms with van der Waals surface area (Å²) < 4.78 is 0. The van der Waals surface area contributed by atoms with E-state index in [0.717, 1.165) is 0 Å². The zero-order valence-corrected chi connectivity index (χ0v) is 16.2. The van der Waals surface area contributed by atoms with Crippen molar-refractivity contribution in [3.8, 4) is 0 Å². The monoisotopic (exact) mass is 324 g/mol. The van der Waals surface area contributed by atoms with Gasteiger partial charge in [-0.25, -0.2) is 0 Å². The molecule has 0 aliphatic rings. The van der Waals surface area contributed by atoms with E-state index in [1.165, 1.54) is 0 Å². The van der Waals surface area contributed by atoms with Crippen LogP contribution in [0.5, 0.6) is 0 Å². The fourth-order valence-corrected chi connectivity index (χ4v) is 0. The van der Waals surface area contributed by atoms with Gasteiger partial charge in [-0.05, 0) is 0 Å². The molecular weight excluding hydrogens is 324 g/mol. The van der Waals surface area contributed by atoms with Crippen molar-refractivity contribution in [2.24, 2.45) is 0 Å². The maximum atomic E-state index is 0. The van der Waals surface area contributed by atoms with Crippen LogP contribution >= 0.6 is 0 Å². The average Bonchev–Trinajstić information content (AvgIpc) is 0. The summed E-state index contributed by atoms with van der Waals surface area (Å²) in [5.74, 6) is 0. The SMILES string of the molecule is [Br-].[I-].[K+].[K+].[Na+].[OH-]. The van der Waals surface area contributed by atoms with Gasteiger partial charge in [0.2, 0.25) is 0 Å². The van der Waals surface area contributed by atoms with E-state index in [1.807, 2.05) is 0 Å². The molecule has 0 unspecified atom stereocenters. The van der Waals surface area contributed by atoms with Crippen LogP contribution in [0.25, 0.3) is 0 Å². The maximum absolute atomic E-state index is 0. The first kappa shape index (κ1) is 42.1. The van der Waals surface area contributed by atoms with Gasteiger partial charge in [-0.15, -0.1) is 0 Å². The minimum atomic E-state index is 0. The first-order valence-electron chi connectivity index (χ1n) is 0. The third-order valence-corrected chi connectivity index (χ3v) is 0. The Morgan fingerprint density at radius 3 is 0.833 bits per heavy atom. The van der Waals surface area contributed by atoms with Gasteiger partial charge in [-0.1, -0.05) is 0 Å². The molecule has 0 fully saturated rings. The maximum Gasteiger partial charge on any atom is 1.00 e. The molecule has 0 aromatic heterocycles. The summed E-state index contributed by atoms with van der Waals surface area (Å²) in [6.07, 6.45) is 0. The molecule has 0 atom stereocenters. The molecule has 0 heterocycles. The van der Waals surface area contributed by atoms with Gasteiger partial charge < -0.3 is 46.4 Å². The summed E-state index contributed by atoms with van der Waals surface area (Å²) in [4.78, 5) is 0. The molecule has 0 spiro atoms. The first-order valence-corrected chi connectivity index (χ1v) is 0. The van der Waals surface area contributed by atoms with Crippen molar-refractivity contribution in [3.63, 3.8) is 0 Å². The minimum absolute atomic E-state index is 0. The van der Waals surface area contributed by atoms with Crippen LogP contribution in [0.1, 0.15) is 0 Å². The second kappa shape index (κ2) is 31.4. The van der Waals surface area contributed by atoms with Crippen LogP contribution in [-0.4, -0.2) is 5.48 Å². The van der Waals surface area contributed by atoms with E-state index in [9.17, 15) is 0 Å². The second-order valence-electron chi connectivity index (χ2n) is 0. The van der Waals surface area contributed by atoms with Gasteiger partial charge in [0.25, 0.3) is 0 Å². The Morgan fingerprint density at radius 2 is 0.833 bits per heavy atom. The van der Waals surface area contributed by atoms with Gasteiger partial charge in [0.1, 0.15) is 0 Å². The zero-order valence-electron chi connectivity index (χ0n) is 4.20. The summed E-state index contributed by atoms with van der Waals surface area (Å²) in [6.45, 7) is 0. The fourth-order valence-electron chi connectivity index (χ4n) is 0. The summed E-state index contributed by atoms with van der Waals surface area (Å²) >= 11 is 0. The van der Waals surface area contributed by atoms with Crippen LogP contribution < -0.4 is 173 Å². The van der Waals surface area contributed by atoms with Crippen LogP contribution in [0.2, 0.25) is 0 Å². The van der Waals surface area contributed by atoms with E-state index in [4.69, 9.17) is 0 Å². The van der Waals surface area contributed by atoms with Gasteiger partial charge in [0.05, 0.1) is 0 Å². The number of hydrogen-bond acceptors (Lipinski definition) is 1. The minimum Gasteiger partial charge on any atom is -1.00 e. The predicted molar refractivity (Wildman–Crippen MR) is 1.94 cm³/mol. The molecule has 0 radical (unpaired) electrons. The smallest absolute Gasteiger partial charge is 1.00 e. The van der Waals surface area contributed by atoms with E-state index in [1.54, 1.807) is 0 Å². The van der Waals surface area contributed by atoms with Crippen molar-refractivity contribution in [3.05, 3.63) is 0 Å². The molecule has 6 heteroatoms. The Balaban J connectivity index is 0. The van der Waals surface area contributed by atoms with Crippen molar-refractivity contribution in [2.45, 2.75) is 0 Å². The standard InChI is InChI=1S/BrH.HI.2K.Na.H2O/h2*1H;;;;1H2/q;;3*+1;/p-3. The molecule has 0 amide bonds. The summed E-state index contributed by atoms with van der Waals surface area (Å²) in [7, 11) is 0. The van der Waals surface area contributed by atoms with Gasteiger partial charge in [-0.3, -0.25) is 0 Å². The number of rotatable bonds is 0. The van der Waals surface area contributed by atoms with E-state index < -0.39 is 0 Å². The van der Waals surface area contributed by atoms with Crippen molar-refractivity contribution in [2.75, 3.05) is 0 Å². The largest absolute Gasteiger partial charge is 1.00 e. The Kier molecular flexibility index (Phi) is 221. The molecule has 0 rings (SSSR count). The molecule has 1 nitrogen and oxygen atoms in total. The number of hydrogen-bond donors (Lipinski definition) is 0. The Labute approximate surface area is 173 Å². The first-order chi connectivity index (χ1) is 0. The van der Waals surface area contributed by atoms with Crippen molar-refractivity contribution < 1.29 is 179 Å².